The van der Waals surface area contributed by atoms with Gasteiger partial charge in [-0.05, 0) is 24.1 Å². The largest absolute Gasteiger partial charge is 0.392 e. The van der Waals surface area contributed by atoms with Crippen LogP contribution < -0.4 is 4.72 Å². The summed E-state index contributed by atoms with van der Waals surface area (Å²) in [4.78, 5) is 0.0522. The Morgan fingerprint density at radius 2 is 2.00 bits per heavy atom. The monoisotopic (exact) mass is 310 g/mol. The summed E-state index contributed by atoms with van der Waals surface area (Å²) in [5, 5.41) is 18.9. The van der Waals surface area contributed by atoms with E-state index in [1.165, 1.54) is 18.2 Å². The Morgan fingerprint density at radius 3 is 2.52 bits per heavy atom. The smallest absolute Gasteiger partial charge is 0.240 e. The van der Waals surface area contributed by atoms with Crippen molar-refractivity contribution in [2.45, 2.75) is 38.7 Å². The van der Waals surface area contributed by atoms with Gasteiger partial charge in [-0.15, -0.1) is 0 Å². The van der Waals surface area contributed by atoms with Gasteiger partial charge >= 0.3 is 0 Å². The molecule has 1 atom stereocenters. The fraction of sp³-hybridized carbons (Fsp3) is 0.533. The van der Waals surface area contributed by atoms with Gasteiger partial charge in [0.1, 0.15) is 0 Å². The van der Waals surface area contributed by atoms with Crippen molar-refractivity contribution in [3.63, 3.8) is 0 Å². The van der Waals surface area contributed by atoms with Crippen molar-refractivity contribution in [3.05, 3.63) is 29.8 Å². The fourth-order valence-corrected chi connectivity index (χ4v) is 3.37. The second-order valence-corrected chi connectivity index (χ2v) is 7.91. The minimum atomic E-state index is -3.70. The van der Waals surface area contributed by atoms with Gasteiger partial charge < -0.3 is 5.11 Å². The van der Waals surface area contributed by atoms with Crippen LogP contribution in [0.4, 0.5) is 0 Å². The summed E-state index contributed by atoms with van der Waals surface area (Å²) < 4.78 is 27.0. The quantitative estimate of drug-likeness (QED) is 0.839. The summed E-state index contributed by atoms with van der Waals surface area (Å²) in [6, 6.07) is 7.76. The molecule has 0 spiro atoms. The molecule has 0 saturated heterocycles. The predicted molar refractivity (Wildman–Crippen MR) is 81.0 cm³/mol. The third kappa shape index (κ3) is 4.53. The molecule has 1 unspecified atom stereocenters. The maximum Gasteiger partial charge on any atom is 0.240 e. The van der Waals surface area contributed by atoms with Crippen LogP contribution in [0.2, 0.25) is 0 Å². The zero-order chi connectivity index (χ0) is 16.3. The van der Waals surface area contributed by atoms with Gasteiger partial charge in [0.05, 0.1) is 22.6 Å². The molecule has 0 fully saturated rings. The lowest BCUT2D eigenvalue weighted by Crippen LogP contribution is -2.43. The van der Waals surface area contributed by atoms with E-state index < -0.39 is 21.5 Å². The van der Waals surface area contributed by atoms with Gasteiger partial charge in [0.25, 0.3) is 0 Å². The number of aliphatic hydroxyl groups excluding tert-OH is 1. The van der Waals surface area contributed by atoms with Gasteiger partial charge in [-0.2, -0.15) is 5.26 Å². The van der Waals surface area contributed by atoms with Crippen molar-refractivity contribution in [1.82, 2.24) is 4.72 Å². The summed E-state index contributed by atoms with van der Waals surface area (Å²) in [5.74, 6) is 0.0337. The van der Waals surface area contributed by atoms with Crippen LogP contribution in [-0.4, -0.2) is 26.2 Å². The molecule has 0 aliphatic rings. The second-order valence-electron chi connectivity index (χ2n) is 6.14. The fourth-order valence-electron chi connectivity index (χ4n) is 2.10. The Labute approximate surface area is 126 Å². The van der Waals surface area contributed by atoms with Crippen LogP contribution in [0.25, 0.3) is 0 Å². The van der Waals surface area contributed by atoms with Gasteiger partial charge in [-0.25, -0.2) is 13.1 Å². The highest BCUT2D eigenvalue weighted by Crippen LogP contribution is 2.25. The van der Waals surface area contributed by atoms with Crippen molar-refractivity contribution >= 4 is 10.0 Å². The van der Waals surface area contributed by atoms with Crippen LogP contribution >= 0.6 is 0 Å². The molecule has 0 saturated carbocycles. The summed E-state index contributed by atoms with van der Waals surface area (Å²) >= 11 is 0. The molecule has 1 aromatic rings. The number of hydrogen-bond acceptors (Lipinski definition) is 4. The molecule has 0 heterocycles. The van der Waals surface area contributed by atoms with Crippen LogP contribution in [0.1, 0.15) is 33.3 Å². The molecule has 0 amide bonds. The molecular formula is C15H22N2O3S. The standard InChI is InChI=1S/C15H22N2O3S/c1-11(2)14(18)15(3,4)10-17-21(19,20)13-7-5-6-12(8-13)9-16/h5-8,11,14,17-18H,10H2,1-4H3. The van der Waals surface area contributed by atoms with E-state index in [-0.39, 0.29) is 17.4 Å². The van der Waals surface area contributed by atoms with E-state index >= 15 is 0 Å². The molecule has 0 aliphatic carbocycles. The van der Waals surface area contributed by atoms with E-state index in [0.717, 1.165) is 0 Å². The summed E-state index contributed by atoms with van der Waals surface area (Å²) in [7, 11) is -3.70. The van der Waals surface area contributed by atoms with E-state index in [9.17, 15) is 13.5 Å². The molecular weight excluding hydrogens is 288 g/mol. The molecule has 0 radical (unpaired) electrons. The molecule has 0 bridgehead atoms. The number of nitriles is 1. The molecule has 0 aromatic heterocycles. The maximum atomic E-state index is 12.2. The van der Waals surface area contributed by atoms with Gasteiger partial charge in [0.15, 0.2) is 0 Å². The molecule has 116 valence electrons. The summed E-state index contributed by atoms with van der Waals surface area (Å²) in [6.45, 7) is 7.51. The highest BCUT2D eigenvalue weighted by atomic mass is 32.2. The van der Waals surface area contributed by atoms with Crippen molar-refractivity contribution < 1.29 is 13.5 Å². The summed E-state index contributed by atoms with van der Waals surface area (Å²) in [6.07, 6.45) is -0.620. The van der Waals surface area contributed by atoms with Crippen LogP contribution in [0, 0.1) is 22.7 Å². The van der Waals surface area contributed by atoms with E-state index in [2.05, 4.69) is 4.72 Å². The Hall–Kier alpha value is -1.42. The first-order valence-electron chi connectivity index (χ1n) is 6.78. The highest BCUT2D eigenvalue weighted by Gasteiger charge is 2.31. The molecule has 5 nitrogen and oxygen atoms in total. The minimum Gasteiger partial charge on any atom is -0.392 e. The van der Waals surface area contributed by atoms with Crippen LogP contribution in [0.5, 0.6) is 0 Å². The average molecular weight is 310 g/mol. The first-order valence-corrected chi connectivity index (χ1v) is 8.26. The first-order chi connectivity index (χ1) is 9.60. The maximum absolute atomic E-state index is 12.2. The topological polar surface area (TPSA) is 90.2 Å². The Balaban J connectivity index is 2.89. The normalized spacial score (nSPS) is 14.0. The third-order valence-electron chi connectivity index (χ3n) is 3.42. The molecule has 2 N–H and O–H groups in total. The molecule has 6 heteroatoms. The summed E-state index contributed by atoms with van der Waals surface area (Å²) in [5.41, 5.74) is -0.298. The predicted octanol–water partition coefficient (Wildman–Crippen LogP) is 1.88. The number of hydrogen-bond donors (Lipinski definition) is 2. The van der Waals surface area contributed by atoms with E-state index in [1.807, 2.05) is 33.8 Å². The lowest BCUT2D eigenvalue weighted by atomic mass is 9.81. The number of rotatable bonds is 6. The van der Waals surface area contributed by atoms with Gasteiger partial charge in [0, 0.05) is 12.0 Å². The molecule has 1 aromatic carbocycles. The van der Waals surface area contributed by atoms with Crippen molar-refractivity contribution in [3.8, 4) is 6.07 Å². The lowest BCUT2D eigenvalue weighted by Gasteiger charge is -2.33. The second kappa shape index (κ2) is 6.56. The van der Waals surface area contributed by atoms with Crippen molar-refractivity contribution in [2.75, 3.05) is 6.54 Å². The van der Waals surface area contributed by atoms with Crippen LogP contribution in [0.3, 0.4) is 0 Å². The third-order valence-corrected chi connectivity index (χ3v) is 4.82. The number of benzene rings is 1. The van der Waals surface area contributed by atoms with Gasteiger partial charge in [-0.3, -0.25) is 0 Å². The first kappa shape index (κ1) is 17.6. The highest BCUT2D eigenvalue weighted by molar-refractivity contribution is 7.89. The Bertz CT molecular complexity index is 631. The van der Waals surface area contributed by atoms with E-state index in [0.29, 0.717) is 5.56 Å². The number of aliphatic hydroxyl groups is 1. The minimum absolute atomic E-state index is 0.0337. The number of sulfonamides is 1. The van der Waals surface area contributed by atoms with Gasteiger partial charge in [0.2, 0.25) is 10.0 Å². The van der Waals surface area contributed by atoms with E-state index in [1.54, 1.807) is 6.07 Å². The molecule has 1 rings (SSSR count). The Kier molecular flexibility index (Phi) is 5.51. The van der Waals surface area contributed by atoms with Crippen molar-refractivity contribution in [1.29, 1.82) is 5.26 Å². The molecule has 21 heavy (non-hydrogen) atoms. The SMILES string of the molecule is CC(C)C(O)C(C)(C)CNS(=O)(=O)c1cccc(C#N)c1. The van der Waals surface area contributed by atoms with Crippen LogP contribution in [-0.2, 0) is 10.0 Å². The number of nitrogens with one attached hydrogen (secondary N) is 1. The zero-order valence-electron chi connectivity index (χ0n) is 12.8. The number of nitrogens with zero attached hydrogens (tertiary/aromatic N) is 1. The lowest BCUT2D eigenvalue weighted by molar-refractivity contribution is 0.0166. The zero-order valence-corrected chi connectivity index (χ0v) is 13.6. The van der Waals surface area contributed by atoms with Gasteiger partial charge in [-0.1, -0.05) is 33.8 Å². The van der Waals surface area contributed by atoms with E-state index in [4.69, 9.17) is 5.26 Å². The molecule has 0 aliphatic heterocycles. The Morgan fingerprint density at radius 1 is 1.38 bits per heavy atom. The van der Waals surface area contributed by atoms with Crippen LogP contribution in [0.15, 0.2) is 29.2 Å². The average Bonchev–Trinajstić information content (AvgIpc) is 2.44. The van der Waals surface area contributed by atoms with Crippen molar-refractivity contribution in [2.24, 2.45) is 11.3 Å².